The lowest BCUT2D eigenvalue weighted by atomic mass is 10.2. The Hall–Kier alpha value is -1.60. The first-order valence-corrected chi connectivity index (χ1v) is 5.46. The summed E-state index contributed by atoms with van der Waals surface area (Å²) in [5, 5.41) is 12.3. The minimum Gasteiger partial charge on any atom is -0.488 e. The molecule has 0 radical (unpaired) electrons. The number of hydrogen-bond acceptors (Lipinski definition) is 4. The predicted octanol–water partition coefficient (Wildman–Crippen LogP) is 1.31. The Labute approximate surface area is 95.3 Å². The van der Waals surface area contributed by atoms with Crippen LogP contribution in [0.2, 0.25) is 0 Å². The van der Waals surface area contributed by atoms with Gasteiger partial charge in [-0.05, 0) is 26.8 Å². The fraction of sp³-hybridized carbons (Fsp3) is 0.500. The molecular weight excluding hydrogens is 202 g/mol. The molecule has 1 N–H and O–H groups in total. The fourth-order valence-corrected chi connectivity index (χ4v) is 1.93. The van der Waals surface area contributed by atoms with Gasteiger partial charge in [-0.25, -0.2) is 0 Å². The first kappa shape index (κ1) is 10.9. The van der Waals surface area contributed by atoms with Gasteiger partial charge in [0.15, 0.2) is 0 Å². The Bertz CT molecular complexity index is 431. The van der Waals surface area contributed by atoms with Crippen LogP contribution in [-0.2, 0) is 0 Å². The highest BCUT2D eigenvalue weighted by atomic mass is 16.5. The molecule has 1 aliphatic rings. The summed E-state index contributed by atoms with van der Waals surface area (Å²) >= 11 is 0. The van der Waals surface area contributed by atoms with Crippen LogP contribution in [0.1, 0.15) is 23.4 Å². The van der Waals surface area contributed by atoms with E-state index in [0.717, 1.165) is 30.9 Å². The van der Waals surface area contributed by atoms with Crippen molar-refractivity contribution in [2.75, 3.05) is 13.1 Å². The molecule has 1 saturated heterocycles. The standard InChI is InChI=1S/C12H15N3O/c1-8-5-12(11(6-13)9(2)15-8)16-10-3-4-14-7-10/h5,10,14H,3-4,7H2,1-2H3. The SMILES string of the molecule is Cc1cc(OC2CCNC2)c(C#N)c(C)n1. The third-order valence-corrected chi connectivity index (χ3v) is 2.71. The average Bonchev–Trinajstić information content (AvgIpc) is 2.70. The van der Waals surface area contributed by atoms with Gasteiger partial charge in [-0.1, -0.05) is 0 Å². The van der Waals surface area contributed by atoms with E-state index in [-0.39, 0.29) is 6.10 Å². The van der Waals surface area contributed by atoms with E-state index in [1.165, 1.54) is 0 Å². The number of ether oxygens (including phenoxy) is 1. The lowest BCUT2D eigenvalue weighted by molar-refractivity contribution is 0.222. The van der Waals surface area contributed by atoms with Crippen LogP contribution in [0.25, 0.3) is 0 Å². The van der Waals surface area contributed by atoms with Crippen molar-refractivity contribution < 1.29 is 4.74 Å². The largest absolute Gasteiger partial charge is 0.488 e. The fourth-order valence-electron chi connectivity index (χ4n) is 1.93. The molecular formula is C12H15N3O. The van der Waals surface area contributed by atoms with Crippen molar-refractivity contribution in [3.8, 4) is 11.8 Å². The minimum absolute atomic E-state index is 0.174. The van der Waals surface area contributed by atoms with Gasteiger partial charge >= 0.3 is 0 Å². The van der Waals surface area contributed by atoms with Crippen molar-refractivity contribution >= 4 is 0 Å². The molecule has 2 rings (SSSR count). The molecule has 1 aliphatic heterocycles. The number of aryl methyl sites for hydroxylation is 2. The van der Waals surface area contributed by atoms with Crippen LogP contribution in [-0.4, -0.2) is 24.2 Å². The van der Waals surface area contributed by atoms with Crippen LogP contribution in [0.4, 0.5) is 0 Å². The van der Waals surface area contributed by atoms with Crippen LogP contribution in [0.5, 0.6) is 5.75 Å². The average molecular weight is 217 g/mol. The van der Waals surface area contributed by atoms with E-state index in [0.29, 0.717) is 11.3 Å². The molecule has 84 valence electrons. The third kappa shape index (κ3) is 2.15. The summed E-state index contributed by atoms with van der Waals surface area (Å²) in [7, 11) is 0. The van der Waals surface area contributed by atoms with Gasteiger partial charge in [0, 0.05) is 18.3 Å². The number of hydrogen-bond donors (Lipinski definition) is 1. The zero-order chi connectivity index (χ0) is 11.5. The highest BCUT2D eigenvalue weighted by molar-refractivity contribution is 5.46. The zero-order valence-electron chi connectivity index (χ0n) is 9.58. The molecule has 1 fully saturated rings. The van der Waals surface area contributed by atoms with Crippen molar-refractivity contribution in [1.82, 2.24) is 10.3 Å². The Kier molecular flexibility index (Phi) is 3.07. The molecule has 0 saturated carbocycles. The van der Waals surface area contributed by atoms with E-state index in [1.807, 2.05) is 19.9 Å². The van der Waals surface area contributed by atoms with Gasteiger partial charge in [0.1, 0.15) is 23.5 Å². The zero-order valence-corrected chi connectivity index (χ0v) is 9.58. The predicted molar refractivity (Wildman–Crippen MR) is 60.3 cm³/mol. The quantitative estimate of drug-likeness (QED) is 0.811. The van der Waals surface area contributed by atoms with Crippen molar-refractivity contribution in [3.05, 3.63) is 23.0 Å². The molecule has 0 spiro atoms. The third-order valence-electron chi connectivity index (χ3n) is 2.71. The van der Waals surface area contributed by atoms with E-state index < -0.39 is 0 Å². The summed E-state index contributed by atoms with van der Waals surface area (Å²) in [4.78, 5) is 4.26. The molecule has 16 heavy (non-hydrogen) atoms. The second-order valence-corrected chi connectivity index (χ2v) is 4.07. The summed E-state index contributed by atoms with van der Waals surface area (Å²) in [5.74, 6) is 0.668. The van der Waals surface area contributed by atoms with Crippen molar-refractivity contribution in [2.24, 2.45) is 0 Å². The molecule has 1 unspecified atom stereocenters. The van der Waals surface area contributed by atoms with E-state index in [4.69, 9.17) is 10.00 Å². The summed E-state index contributed by atoms with van der Waals surface area (Å²) in [6.45, 7) is 5.58. The normalized spacial score (nSPS) is 19.4. The topological polar surface area (TPSA) is 57.9 Å². The Morgan fingerprint density at radius 3 is 3.00 bits per heavy atom. The maximum atomic E-state index is 9.08. The Morgan fingerprint density at radius 2 is 2.38 bits per heavy atom. The van der Waals surface area contributed by atoms with Crippen molar-refractivity contribution in [1.29, 1.82) is 5.26 Å². The summed E-state index contributed by atoms with van der Waals surface area (Å²) in [6, 6.07) is 3.99. The molecule has 1 atom stereocenters. The first-order chi connectivity index (χ1) is 7.70. The monoisotopic (exact) mass is 217 g/mol. The van der Waals surface area contributed by atoms with Gasteiger partial charge in [0.2, 0.25) is 0 Å². The number of nitriles is 1. The van der Waals surface area contributed by atoms with Gasteiger partial charge < -0.3 is 10.1 Å². The molecule has 2 heterocycles. The van der Waals surface area contributed by atoms with Crippen LogP contribution >= 0.6 is 0 Å². The molecule has 4 heteroatoms. The van der Waals surface area contributed by atoms with Crippen LogP contribution in [0.3, 0.4) is 0 Å². The first-order valence-electron chi connectivity index (χ1n) is 5.46. The van der Waals surface area contributed by atoms with E-state index in [2.05, 4.69) is 16.4 Å². The van der Waals surface area contributed by atoms with Gasteiger partial charge in [0.25, 0.3) is 0 Å². The number of nitrogens with one attached hydrogen (secondary N) is 1. The van der Waals surface area contributed by atoms with Crippen molar-refractivity contribution in [3.63, 3.8) is 0 Å². The lowest BCUT2D eigenvalue weighted by Crippen LogP contribution is -2.20. The summed E-state index contributed by atoms with van der Waals surface area (Å²) in [5.41, 5.74) is 2.18. The molecule has 0 amide bonds. The molecule has 1 aromatic rings. The van der Waals surface area contributed by atoms with Crippen LogP contribution in [0, 0.1) is 25.2 Å². The van der Waals surface area contributed by atoms with E-state index in [1.54, 1.807) is 0 Å². The lowest BCUT2D eigenvalue weighted by Gasteiger charge is -2.14. The maximum absolute atomic E-state index is 9.08. The number of aromatic nitrogens is 1. The van der Waals surface area contributed by atoms with E-state index >= 15 is 0 Å². The van der Waals surface area contributed by atoms with Crippen LogP contribution < -0.4 is 10.1 Å². The summed E-state index contributed by atoms with van der Waals surface area (Å²) < 4.78 is 5.83. The van der Waals surface area contributed by atoms with Gasteiger partial charge in [-0.2, -0.15) is 5.26 Å². The molecule has 0 bridgehead atoms. The highest BCUT2D eigenvalue weighted by Crippen LogP contribution is 2.23. The Morgan fingerprint density at radius 1 is 1.56 bits per heavy atom. The van der Waals surface area contributed by atoms with Crippen molar-refractivity contribution in [2.45, 2.75) is 26.4 Å². The number of nitrogens with zero attached hydrogens (tertiary/aromatic N) is 2. The second kappa shape index (κ2) is 4.50. The summed E-state index contributed by atoms with van der Waals surface area (Å²) in [6.07, 6.45) is 1.17. The van der Waals surface area contributed by atoms with Gasteiger partial charge in [-0.15, -0.1) is 0 Å². The Balaban J connectivity index is 2.28. The molecule has 1 aromatic heterocycles. The smallest absolute Gasteiger partial charge is 0.141 e. The van der Waals surface area contributed by atoms with Crippen LogP contribution in [0.15, 0.2) is 6.07 Å². The van der Waals surface area contributed by atoms with E-state index in [9.17, 15) is 0 Å². The minimum atomic E-state index is 0.174. The number of rotatable bonds is 2. The molecule has 0 aliphatic carbocycles. The second-order valence-electron chi connectivity index (χ2n) is 4.07. The number of pyridine rings is 1. The molecule has 4 nitrogen and oxygen atoms in total. The molecule has 0 aromatic carbocycles. The highest BCUT2D eigenvalue weighted by Gasteiger charge is 2.18. The maximum Gasteiger partial charge on any atom is 0.141 e. The van der Waals surface area contributed by atoms with Gasteiger partial charge in [0.05, 0.1) is 5.69 Å². The van der Waals surface area contributed by atoms with Gasteiger partial charge in [-0.3, -0.25) is 4.98 Å².